The van der Waals surface area contributed by atoms with E-state index in [2.05, 4.69) is 11.4 Å². The molecular weight excluding hydrogens is 190 g/mol. The Balaban J connectivity index is 2.47. The van der Waals surface area contributed by atoms with Gasteiger partial charge in [-0.05, 0) is 26.3 Å². The second-order valence-electron chi connectivity index (χ2n) is 4.20. The summed E-state index contributed by atoms with van der Waals surface area (Å²) in [5.41, 5.74) is 0. The molecule has 1 fully saturated rings. The molecule has 1 amide bonds. The van der Waals surface area contributed by atoms with Gasteiger partial charge in [-0.2, -0.15) is 5.26 Å². The van der Waals surface area contributed by atoms with Crippen LogP contribution in [0, 0.1) is 17.2 Å². The number of hydrogen-bond donors (Lipinski definition) is 1. The second kappa shape index (κ2) is 5.72. The number of rotatable bonds is 3. The third kappa shape index (κ3) is 3.21. The number of nitrogens with zero attached hydrogens (tertiary/aromatic N) is 2. The highest BCUT2D eigenvalue weighted by Gasteiger charge is 2.25. The van der Waals surface area contributed by atoms with Crippen LogP contribution in [0.2, 0.25) is 0 Å². The third-order valence-electron chi connectivity index (χ3n) is 3.04. The van der Waals surface area contributed by atoms with Crippen molar-refractivity contribution in [1.29, 1.82) is 5.26 Å². The summed E-state index contributed by atoms with van der Waals surface area (Å²) in [6, 6.07) is 2.11. The summed E-state index contributed by atoms with van der Waals surface area (Å²) in [5.74, 6) is 0.273. The normalized spacial score (nSPS) is 22.9. The van der Waals surface area contributed by atoms with Crippen molar-refractivity contribution in [3.63, 3.8) is 0 Å². The van der Waals surface area contributed by atoms with E-state index in [9.17, 15) is 4.79 Å². The molecule has 0 aromatic heterocycles. The van der Waals surface area contributed by atoms with Crippen molar-refractivity contribution < 1.29 is 4.79 Å². The molecule has 0 bridgehead atoms. The number of nitrogens with one attached hydrogen (secondary N) is 1. The first-order chi connectivity index (χ1) is 7.16. The fourth-order valence-electron chi connectivity index (χ4n) is 1.84. The van der Waals surface area contributed by atoms with Crippen LogP contribution in [0.3, 0.4) is 0 Å². The number of nitriles is 1. The first-order valence-electron chi connectivity index (χ1n) is 5.51. The standard InChI is InChI=1S/C11H19N3O/c1-9(5-6-12)14(2)11(15)10-4-3-7-13-8-10/h9-10,13H,3-5,7-8H2,1-2H3/t9?,10-/m0/s1. The van der Waals surface area contributed by atoms with Gasteiger partial charge in [0.25, 0.3) is 0 Å². The van der Waals surface area contributed by atoms with E-state index >= 15 is 0 Å². The van der Waals surface area contributed by atoms with Crippen LogP contribution in [0.25, 0.3) is 0 Å². The van der Waals surface area contributed by atoms with E-state index < -0.39 is 0 Å². The number of amides is 1. The minimum Gasteiger partial charge on any atom is -0.342 e. The topological polar surface area (TPSA) is 56.1 Å². The summed E-state index contributed by atoms with van der Waals surface area (Å²) >= 11 is 0. The molecule has 1 aliphatic heterocycles. The van der Waals surface area contributed by atoms with Crippen LogP contribution in [0.4, 0.5) is 0 Å². The lowest BCUT2D eigenvalue weighted by Crippen LogP contribution is -2.44. The van der Waals surface area contributed by atoms with Crippen LogP contribution in [0.1, 0.15) is 26.2 Å². The molecule has 0 spiro atoms. The van der Waals surface area contributed by atoms with Crippen molar-refractivity contribution >= 4 is 5.91 Å². The Kier molecular flexibility index (Phi) is 4.57. The average Bonchev–Trinajstić information content (AvgIpc) is 2.28. The number of carbonyl (C=O) groups is 1. The second-order valence-corrected chi connectivity index (χ2v) is 4.20. The summed E-state index contributed by atoms with van der Waals surface area (Å²) in [6.07, 6.45) is 2.44. The highest BCUT2D eigenvalue weighted by atomic mass is 16.2. The lowest BCUT2D eigenvalue weighted by atomic mass is 9.97. The predicted octanol–water partition coefficient (Wildman–Crippen LogP) is 0.747. The lowest BCUT2D eigenvalue weighted by molar-refractivity contribution is -0.136. The maximum atomic E-state index is 12.0. The minimum absolute atomic E-state index is 0.0180. The van der Waals surface area contributed by atoms with Crippen LogP contribution in [0.5, 0.6) is 0 Å². The van der Waals surface area contributed by atoms with E-state index in [1.807, 2.05) is 6.92 Å². The fourth-order valence-corrected chi connectivity index (χ4v) is 1.84. The Labute approximate surface area is 91.2 Å². The van der Waals surface area contributed by atoms with Gasteiger partial charge in [0.1, 0.15) is 0 Å². The monoisotopic (exact) mass is 209 g/mol. The highest BCUT2D eigenvalue weighted by Crippen LogP contribution is 2.14. The Morgan fingerprint density at radius 2 is 2.47 bits per heavy atom. The van der Waals surface area contributed by atoms with Crippen LogP contribution in [-0.4, -0.2) is 37.0 Å². The first-order valence-corrected chi connectivity index (χ1v) is 5.51. The molecule has 84 valence electrons. The molecule has 4 heteroatoms. The van der Waals surface area contributed by atoms with E-state index in [0.717, 1.165) is 25.9 Å². The van der Waals surface area contributed by atoms with Gasteiger partial charge >= 0.3 is 0 Å². The zero-order valence-electron chi connectivity index (χ0n) is 9.49. The number of carbonyl (C=O) groups excluding carboxylic acids is 1. The Morgan fingerprint density at radius 1 is 1.73 bits per heavy atom. The van der Waals surface area contributed by atoms with Crippen LogP contribution < -0.4 is 5.32 Å². The molecule has 1 saturated heterocycles. The van der Waals surface area contributed by atoms with Crippen molar-refractivity contribution in [2.24, 2.45) is 5.92 Å². The smallest absolute Gasteiger partial charge is 0.226 e. The van der Waals surface area contributed by atoms with Gasteiger partial charge in [-0.25, -0.2) is 0 Å². The van der Waals surface area contributed by atoms with Gasteiger partial charge in [-0.3, -0.25) is 4.79 Å². The molecule has 15 heavy (non-hydrogen) atoms. The maximum Gasteiger partial charge on any atom is 0.226 e. The molecule has 4 nitrogen and oxygen atoms in total. The molecule has 1 rings (SSSR count). The summed E-state index contributed by atoms with van der Waals surface area (Å²) in [6.45, 7) is 3.71. The maximum absolute atomic E-state index is 12.0. The van der Waals surface area contributed by atoms with Gasteiger partial charge in [0, 0.05) is 19.6 Å². The fraction of sp³-hybridized carbons (Fsp3) is 0.818. The predicted molar refractivity (Wildman–Crippen MR) is 58.1 cm³/mol. The molecule has 0 aromatic carbocycles. The third-order valence-corrected chi connectivity index (χ3v) is 3.04. The summed E-state index contributed by atoms with van der Waals surface area (Å²) in [7, 11) is 1.79. The quantitative estimate of drug-likeness (QED) is 0.746. The Bertz CT molecular complexity index is 253. The van der Waals surface area contributed by atoms with Gasteiger partial charge in [0.05, 0.1) is 18.4 Å². The van der Waals surface area contributed by atoms with Crippen LogP contribution in [-0.2, 0) is 4.79 Å². The molecule has 1 aliphatic rings. The first kappa shape index (κ1) is 12.0. The molecule has 1 unspecified atom stereocenters. The van der Waals surface area contributed by atoms with E-state index in [0.29, 0.717) is 6.42 Å². The molecule has 0 radical (unpaired) electrons. The summed E-state index contributed by atoms with van der Waals surface area (Å²) in [5, 5.41) is 11.8. The van der Waals surface area contributed by atoms with Crippen molar-refractivity contribution in [2.75, 3.05) is 20.1 Å². The van der Waals surface area contributed by atoms with Gasteiger partial charge in [-0.1, -0.05) is 0 Å². The van der Waals surface area contributed by atoms with E-state index in [1.54, 1.807) is 11.9 Å². The van der Waals surface area contributed by atoms with E-state index in [1.165, 1.54) is 0 Å². The van der Waals surface area contributed by atoms with Gasteiger partial charge in [-0.15, -0.1) is 0 Å². The zero-order valence-corrected chi connectivity index (χ0v) is 9.49. The van der Waals surface area contributed by atoms with Crippen molar-refractivity contribution in [2.45, 2.75) is 32.2 Å². The van der Waals surface area contributed by atoms with Gasteiger partial charge in [0.2, 0.25) is 5.91 Å². The SMILES string of the molecule is CC(CC#N)N(C)C(=O)[C@H]1CCCNC1. The molecular formula is C11H19N3O. The number of hydrogen-bond acceptors (Lipinski definition) is 3. The Hall–Kier alpha value is -1.08. The lowest BCUT2D eigenvalue weighted by Gasteiger charge is -2.30. The molecule has 0 aliphatic carbocycles. The van der Waals surface area contributed by atoms with E-state index in [4.69, 9.17) is 5.26 Å². The Morgan fingerprint density at radius 3 is 3.00 bits per heavy atom. The minimum atomic E-state index is 0.0180. The van der Waals surface area contributed by atoms with Crippen molar-refractivity contribution in [3.05, 3.63) is 0 Å². The van der Waals surface area contributed by atoms with Gasteiger partial charge < -0.3 is 10.2 Å². The summed E-state index contributed by atoms with van der Waals surface area (Å²) in [4.78, 5) is 13.7. The van der Waals surface area contributed by atoms with Crippen LogP contribution >= 0.6 is 0 Å². The molecule has 1 N–H and O–H groups in total. The molecule has 2 atom stereocenters. The number of piperidine rings is 1. The highest BCUT2D eigenvalue weighted by molar-refractivity contribution is 5.79. The van der Waals surface area contributed by atoms with Crippen molar-refractivity contribution in [1.82, 2.24) is 10.2 Å². The largest absolute Gasteiger partial charge is 0.342 e. The van der Waals surface area contributed by atoms with Gasteiger partial charge in [0.15, 0.2) is 0 Å². The van der Waals surface area contributed by atoms with Crippen molar-refractivity contribution in [3.8, 4) is 6.07 Å². The van der Waals surface area contributed by atoms with Crippen LogP contribution in [0.15, 0.2) is 0 Å². The average molecular weight is 209 g/mol. The summed E-state index contributed by atoms with van der Waals surface area (Å²) < 4.78 is 0. The molecule has 0 saturated carbocycles. The molecule has 0 aromatic rings. The van der Waals surface area contributed by atoms with E-state index in [-0.39, 0.29) is 17.9 Å². The zero-order chi connectivity index (χ0) is 11.3. The molecule has 1 heterocycles.